The van der Waals surface area contributed by atoms with Gasteiger partial charge >= 0.3 is 0 Å². The van der Waals surface area contributed by atoms with Gasteiger partial charge in [0.15, 0.2) is 5.76 Å². The van der Waals surface area contributed by atoms with E-state index in [0.29, 0.717) is 12.5 Å². The molecule has 2 aromatic rings. The van der Waals surface area contributed by atoms with Crippen LogP contribution in [0.4, 0.5) is 0 Å². The highest BCUT2D eigenvalue weighted by Gasteiger charge is 2.34. The Bertz CT molecular complexity index is 809. The Morgan fingerprint density at radius 2 is 1.87 bits per heavy atom. The summed E-state index contributed by atoms with van der Waals surface area (Å²) in [5, 5.41) is 6.27. The Morgan fingerprint density at radius 3 is 2.57 bits per heavy atom. The van der Waals surface area contributed by atoms with E-state index in [1.54, 1.807) is 12.1 Å². The van der Waals surface area contributed by atoms with Crippen molar-refractivity contribution in [2.45, 2.75) is 24.9 Å². The molecule has 7 nitrogen and oxygen atoms in total. The number of carbonyl (C=O) groups excluding carboxylic acids is 2. The first kappa shape index (κ1) is 22.3. The molecule has 2 fully saturated rings. The van der Waals surface area contributed by atoms with E-state index in [0.717, 1.165) is 51.3 Å². The fourth-order valence-corrected chi connectivity index (χ4v) is 4.19. The second-order valence-corrected chi connectivity index (χ2v) is 7.71. The van der Waals surface area contributed by atoms with Crippen molar-refractivity contribution >= 4 is 24.2 Å². The number of hydrogen-bond donors (Lipinski definition) is 2. The van der Waals surface area contributed by atoms with E-state index in [1.165, 1.54) is 6.26 Å². The van der Waals surface area contributed by atoms with Crippen LogP contribution in [0.2, 0.25) is 0 Å². The average Bonchev–Trinajstić information content (AvgIpc) is 3.46. The van der Waals surface area contributed by atoms with Gasteiger partial charge in [0.2, 0.25) is 5.91 Å². The zero-order valence-corrected chi connectivity index (χ0v) is 17.8. The summed E-state index contributed by atoms with van der Waals surface area (Å²) >= 11 is 0. The molecule has 0 bridgehead atoms. The maximum atomic E-state index is 13.3. The molecule has 1 aromatic carbocycles. The number of halogens is 1. The van der Waals surface area contributed by atoms with Gasteiger partial charge in [0.05, 0.1) is 6.26 Å². The van der Waals surface area contributed by atoms with Crippen molar-refractivity contribution in [3.63, 3.8) is 0 Å². The van der Waals surface area contributed by atoms with Crippen molar-refractivity contribution in [2.24, 2.45) is 0 Å². The number of hydrogen-bond acceptors (Lipinski definition) is 5. The third-order valence-electron chi connectivity index (χ3n) is 5.77. The minimum absolute atomic E-state index is 0. The number of amides is 2. The second kappa shape index (κ2) is 10.6. The van der Waals surface area contributed by atoms with Crippen molar-refractivity contribution in [1.29, 1.82) is 0 Å². The molecule has 162 valence electrons. The van der Waals surface area contributed by atoms with Crippen LogP contribution in [0.5, 0.6) is 0 Å². The highest BCUT2D eigenvalue weighted by Crippen LogP contribution is 2.18. The molecular formula is C22H29ClN4O3. The second-order valence-electron chi connectivity index (χ2n) is 7.71. The zero-order valence-electron chi connectivity index (χ0n) is 17.0. The maximum Gasteiger partial charge on any atom is 0.287 e. The number of nitrogens with zero attached hydrogens (tertiary/aromatic N) is 2. The zero-order chi connectivity index (χ0) is 20.1. The van der Waals surface area contributed by atoms with E-state index in [2.05, 4.69) is 15.5 Å². The van der Waals surface area contributed by atoms with Crippen LogP contribution in [0, 0.1) is 0 Å². The molecule has 0 radical (unpaired) electrons. The van der Waals surface area contributed by atoms with Gasteiger partial charge in [0.1, 0.15) is 6.04 Å². The van der Waals surface area contributed by atoms with Gasteiger partial charge in [-0.25, -0.2) is 0 Å². The average molecular weight is 433 g/mol. The highest BCUT2D eigenvalue weighted by molar-refractivity contribution is 5.95. The van der Waals surface area contributed by atoms with Crippen LogP contribution in [-0.4, -0.2) is 73.0 Å². The molecule has 4 rings (SSSR count). The van der Waals surface area contributed by atoms with Crippen molar-refractivity contribution < 1.29 is 14.0 Å². The van der Waals surface area contributed by atoms with Gasteiger partial charge in [-0.1, -0.05) is 30.3 Å². The third-order valence-corrected chi connectivity index (χ3v) is 5.77. The standard InChI is InChI=1S/C22H28N4O3.ClH/c27-21(20-7-4-14-29-20)24-19(15-17-5-2-1-3-6-17)22(28)26-11-8-18(16-26)25-12-9-23-10-13-25;/h1-7,14,18-19,23H,8-13,15-16H2,(H,24,27);1H. The van der Waals surface area contributed by atoms with E-state index in [1.807, 2.05) is 35.2 Å². The normalized spacial score (nSPS) is 20.4. The van der Waals surface area contributed by atoms with Crippen LogP contribution in [0.3, 0.4) is 0 Å². The lowest BCUT2D eigenvalue weighted by atomic mass is 10.0. The summed E-state index contributed by atoms with van der Waals surface area (Å²) in [5.41, 5.74) is 1.02. The predicted molar refractivity (Wildman–Crippen MR) is 117 cm³/mol. The highest BCUT2D eigenvalue weighted by atomic mass is 35.5. The van der Waals surface area contributed by atoms with Crippen LogP contribution in [0.1, 0.15) is 22.5 Å². The molecule has 2 aliphatic rings. The van der Waals surface area contributed by atoms with Crippen molar-refractivity contribution in [2.75, 3.05) is 39.3 Å². The van der Waals surface area contributed by atoms with E-state index < -0.39 is 6.04 Å². The first-order chi connectivity index (χ1) is 14.2. The van der Waals surface area contributed by atoms with Gasteiger partial charge < -0.3 is 20.0 Å². The number of piperazine rings is 1. The lowest BCUT2D eigenvalue weighted by molar-refractivity contribution is -0.132. The van der Waals surface area contributed by atoms with Crippen LogP contribution in [0.25, 0.3) is 0 Å². The Morgan fingerprint density at radius 1 is 1.10 bits per heavy atom. The molecule has 8 heteroatoms. The van der Waals surface area contributed by atoms with Gasteiger partial charge in [0, 0.05) is 51.7 Å². The van der Waals surface area contributed by atoms with Crippen LogP contribution >= 0.6 is 12.4 Å². The summed E-state index contributed by atoms with van der Waals surface area (Å²) in [6, 6.07) is 12.9. The van der Waals surface area contributed by atoms with Crippen LogP contribution < -0.4 is 10.6 Å². The number of benzene rings is 1. The summed E-state index contributed by atoms with van der Waals surface area (Å²) in [7, 11) is 0. The van der Waals surface area contributed by atoms with E-state index in [-0.39, 0.29) is 30.0 Å². The molecule has 1 aromatic heterocycles. The molecule has 2 N–H and O–H groups in total. The minimum atomic E-state index is -0.614. The molecule has 2 saturated heterocycles. The summed E-state index contributed by atoms with van der Waals surface area (Å²) in [6.45, 7) is 5.50. The van der Waals surface area contributed by atoms with Gasteiger partial charge in [0.25, 0.3) is 5.91 Å². The number of nitrogens with one attached hydrogen (secondary N) is 2. The fourth-order valence-electron chi connectivity index (χ4n) is 4.19. The summed E-state index contributed by atoms with van der Waals surface area (Å²) in [4.78, 5) is 30.3. The monoisotopic (exact) mass is 432 g/mol. The van der Waals surface area contributed by atoms with E-state index in [9.17, 15) is 9.59 Å². The third kappa shape index (κ3) is 5.41. The van der Waals surface area contributed by atoms with Gasteiger partial charge in [-0.05, 0) is 24.1 Å². The Balaban J connectivity index is 0.00000256. The molecule has 2 atom stereocenters. The summed E-state index contributed by atoms with van der Waals surface area (Å²) in [5.74, 6) is -0.162. The van der Waals surface area contributed by atoms with Crippen molar-refractivity contribution in [3.05, 3.63) is 60.1 Å². The minimum Gasteiger partial charge on any atom is -0.459 e. The smallest absolute Gasteiger partial charge is 0.287 e. The predicted octanol–water partition coefficient (Wildman–Crippen LogP) is 1.55. The number of carbonyl (C=O) groups is 2. The molecular weight excluding hydrogens is 404 g/mol. The molecule has 2 unspecified atom stereocenters. The largest absolute Gasteiger partial charge is 0.459 e. The topological polar surface area (TPSA) is 77.8 Å². The lowest BCUT2D eigenvalue weighted by Gasteiger charge is -2.33. The molecule has 2 aliphatic heterocycles. The summed E-state index contributed by atoms with van der Waals surface area (Å²) in [6.07, 6.45) is 2.90. The summed E-state index contributed by atoms with van der Waals surface area (Å²) < 4.78 is 5.20. The molecule has 0 spiro atoms. The quantitative estimate of drug-likeness (QED) is 0.724. The van der Waals surface area contributed by atoms with Gasteiger partial charge in [-0.15, -0.1) is 12.4 Å². The molecule has 3 heterocycles. The van der Waals surface area contributed by atoms with E-state index >= 15 is 0 Å². The fraction of sp³-hybridized carbons (Fsp3) is 0.455. The van der Waals surface area contributed by atoms with Gasteiger partial charge in [-0.3, -0.25) is 14.5 Å². The number of furan rings is 1. The molecule has 2 amide bonds. The lowest BCUT2D eigenvalue weighted by Crippen LogP contribution is -2.51. The Hall–Kier alpha value is -2.35. The molecule has 0 aliphatic carbocycles. The van der Waals surface area contributed by atoms with Crippen LogP contribution in [-0.2, 0) is 11.2 Å². The SMILES string of the molecule is Cl.O=C(NC(Cc1ccccc1)C(=O)N1CCC(N2CCNCC2)C1)c1ccco1. The van der Waals surface area contributed by atoms with Crippen LogP contribution in [0.15, 0.2) is 53.1 Å². The van der Waals surface area contributed by atoms with E-state index in [4.69, 9.17) is 4.42 Å². The van der Waals surface area contributed by atoms with Crippen molar-refractivity contribution in [1.82, 2.24) is 20.4 Å². The maximum absolute atomic E-state index is 13.3. The first-order valence-corrected chi connectivity index (χ1v) is 10.3. The Labute approximate surface area is 183 Å². The van der Waals surface area contributed by atoms with Crippen molar-refractivity contribution in [3.8, 4) is 0 Å². The van der Waals surface area contributed by atoms with Gasteiger partial charge in [-0.2, -0.15) is 0 Å². The number of rotatable bonds is 6. The molecule has 30 heavy (non-hydrogen) atoms. The number of likely N-dealkylation sites (tertiary alicyclic amines) is 1. The Kier molecular flexibility index (Phi) is 7.90. The first-order valence-electron chi connectivity index (χ1n) is 10.3. The molecule has 0 saturated carbocycles.